The maximum Gasteiger partial charge on any atom is 0.250 e. The van der Waals surface area contributed by atoms with Crippen LogP contribution in [0.5, 0.6) is 0 Å². The molecule has 0 saturated heterocycles. The third kappa shape index (κ3) is 4.32. The van der Waals surface area contributed by atoms with E-state index in [0.29, 0.717) is 0 Å². The molecule has 0 unspecified atom stereocenters. The van der Waals surface area contributed by atoms with Crippen molar-refractivity contribution < 1.29 is 14.3 Å². The number of rotatable bonds is 4. The van der Waals surface area contributed by atoms with Gasteiger partial charge in [-0.05, 0) is 18.1 Å². The minimum atomic E-state index is -1.87. The Morgan fingerprint density at radius 1 is 1.47 bits per heavy atom. The molecule has 5 heteroatoms. The summed E-state index contributed by atoms with van der Waals surface area (Å²) in [6.45, 7) is 10.6. The smallest absolute Gasteiger partial charge is 0.250 e. The van der Waals surface area contributed by atoms with Gasteiger partial charge in [-0.15, -0.1) is 0 Å². The monoisotopic (exact) mass is 233 g/mol. The number of likely N-dealkylation sites (N-methyl/N-ethyl adjacent to an activating group) is 1. The Labute approximate surface area is 93.1 Å². The highest BCUT2D eigenvalue weighted by Gasteiger charge is 2.37. The second kappa shape index (κ2) is 5.09. The van der Waals surface area contributed by atoms with Crippen LogP contribution in [0.4, 0.5) is 0 Å². The van der Waals surface area contributed by atoms with Gasteiger partial charge in [0.15, 0.2) is 14.4 Å². The lowest BCUT2D eigenvalue weighted by atomic mass is 10.2. The zero-order valence-electron chi connectivity index (χ0n) is 10.5. The van der Waals surface area contributed by atoms with E-state index in [1.165, 1.54) is 7.05 Å². The van der Waals surface area contributed by atoms with Gasteiger partial charge in [-0.25, -0.2) is 0 Å². The normalized spacial score (nSPS) is 14.9. The predicted molar refractivity (Wildman–Crippen MR) is 63.2 cm³/mol. The summed E-state index contributed by atoms with van der Waals surface area (Å²) in [6, 6.07) is 0. The molecule has 0 aliphatic rings. The van der Waals surface area contributed by atoms with E-state index in [2.05, 4.69) is 39.2 Å². The van der Waals surface area contributed by atoms with Gasteiger partial charge in [0.2, 0.25) is 0 Å². The van der Waals surface area contributed by atoms with E-state index in [1.54, 1.807) is 0 Å². The molecule has 0 heterocycles. The zero-order valence-corrected chi connectivity index (χ0v) is 11.5. The standard InChI is InChI=1S/C10H23NO3Si/c1-10(2,3)15(5,6)14-7-8(12)9(13)11-4/h8,12H,7H2,1-6H3,(H,11,13)/t8-/m0/s1. The average Bonchev–Trinajstić information content (AvgIpc) is 2.11. The Bertz CT molecular complexity index is 223. The fourth-order valence-corrected chi connectivity index (χ4v) is 1.75. The van der Waals surface area contributed by atoms with Crippen molar-refractivity contribution in [2.45, 2.75) is 45.0 Å². The van der Waals surface area contributed by atoms with E-state index in [-0.39, 0.29) is 11.6 Å². The summed E-state index contributed by atoms with van der Waals surface area (Å²) in [5.74, 6) is -0.395. The molecule has 0 radical (unpaired) electrons. The molecule has 4 nitrogen and oxygen atoms in total. The molecule has 0 bridgehead atoms. The van der Waals surface area contributed by atoms with E-state index >= 15 is 0 Å². The van der Waals surface area contributed by atoms with Crippen LogP contribution in [0.15, 0.2) is 0 Å². The van der Waals surface area contributed by atoms with Crippen molar-refractivity contribution >= 4 is 14.2 Å². The van der Waals surface area contributed by atoms with Crippen LogP contribution in [0, 0.1) is 0 Å². The fraction of sp³-hybridized carbons (Fsp3) is 0.900. The molecule has 0 aromatic carbocycles. The van der Waals surface area contributed by atoms with E-state index in [0.717, 1.165) is 0 Å². The highest BCUT2D eigenvalue weighted by Crippen LogP contribution is 2.36. The molecule has 0 aliphatic heterocycles. The molecule has 0 fully saturated rings. The molecule has 0 aliphatic carbocycles. The van der Waals surface area contributed by atoms with Gasteiger partial charge in [0, 0.05) is 7.05 Å². The molecular weight excluding hydrogens is 210 g/mol. The molecule has 0 spiro atoms. The first-order valence-corrected chi connectivity index (χ1v) is 8.06. The first-order valence-electron chi connectivity index (χ1n) is 5.15. The first-order chi connectivity index (χ1) is 6.62. The molecule has 15 heavy (non-hydrogen) atoms. The van der Waals surface area contributed by atoms with Crippen LogP contribution < -0.4 is 5.32 Å². The van der Waals surface area contributed by atoms with Crippen molar-refractivity contribution in [3.8, 4) is 0 Å². The fourth-order valence-electron chi connectivity index (χ4n) is 0.746. The number of carbonyl (C=O) groups excluding carboxylic acids is 1. The number of amides is 1. The minimum Gasteiger partial charge on any atom is -0.414 e. The lowest BCUT2D eigenvalue weighted by molar-refractivity contribution is -0.130. The van der Waals surface area contributed by atoms with Gasteiger partial charge in [-0.3, -0.25) is 4.79 Å². The second-order valence-electron chi connectivity index (χ2n) is 5.20. The van der Waals surface area contributed by atoms with Crippen molar-refractivity contribution in [1.29, 1.82) is 0 Å². The number of aliphatic hydroxyl groups excluding tert-OH is 1. The van der Waals surface area contributed by atoms with E-state index in [1.807, 2.05) is 0 Å². The number of carbonyl (C=O) groups is 1. The summed E-state index contributed by atoms with van der Waals surface area (Å²) in [4.78, 5) is 11.1. The molecule has 1 atom stereocenters. The Morgan fingerprint density at radius 2 is 1.93 bits per heavy atom. The van der Waals surface area contributed by atoms with Gasteiger partial charge in [-0.1, -0.05) is 20.8 Å². The van der Waals surface area contributed by atoms with Crippen LogP contribution in [0.1, 0.15) is 20.8 Å². The Kier molecular flexibility index (Phi) is 4.96. The second-order valence-corrected chi connectivity index (χ2v) is 10.0. The summed E-state index contributed by atoms with van der Waals surface area (Å²) in [7, 11) is -0.368. The Balaban J connectivity index is 4.22. The highest BCUT2D eigenvalue weighted by molar-refractivity contribution is 6.74. The van der Waals surface area contributed by atoms with E-state index in [4.69, 9.17) is 4.43 Å². The molecule has 2 N–H and O–H groups in total. The van der Waals surface area contributed by atoms with Crippen LogP contribution in [-0.4, -0.2) is 39.1 Å². The number of hydrogen-bond acceptors (Lipinski definition) is 3. The van der Waals surface area contributed by atoms with Crippen molar-refractivity contribution in [2.24, 2.45) is 0 Å². The molecule has 0 aromatic rings. The van der Waals surface area contributed by atoms with Crippen LogP contribution in [-0.2, 0) is 9.22 Å². The van der Waals surface area contributed by atoms with Crippen molar-refractivity contribution in [1.82, 2.24) is 5.32 Å². The lowest BCUT2D eigenvalue weighted by Crippen LogP contribution is -2.45. The van der Waals surface area contributed by atoms with Gasteiger partial charge in [0.25, 0.3) is 5.91 Å². The molecule has 0 saturated carbocycles. The largest absolute Gasteiger partial charge is 0.414 e. The van der Waals surface area contributed by atoms with E-state index < -0.39 is 20.3 Å². The molecule has 1 amide bonds. The molecule has 0 aromatic heterocycles. The van der Waals surface area contributed by atoms with Gasteiger partial charge < -0.3 is 14.8 Å². The van der Waals surface area contributed by atoms with Gasteiger partial charge >= 0.3 is 0 Å². The van der Waals surface area contributed by atoms with Gasteiger partial charge in [0.05, 0.1) is 6.61 Å². The Morgan fingerprint density at radius 3 is 2.27 bits per heavy atom. The van der Waals surface area contributed by atoms with Crippen LogP contribution in [0.3, 0.4) is 0 Å². The number of hydrogen-bond donors (Lipinski definition) is 2. The minimum absolute atomic E-state index is 0.0795. The summed E-state index contributed by atoms with van der Waals surface area (Å²) in [5, 5.41) is 11.9. The maximum atomic E-state index is 11.1. The average molecular weight is 233 g/mol. The molecule has 0 rings (SSSR count). The third-order valence-corrected chi connectivity index (χ3v) is 7.46. The number of nitrogens with one attached hydrogen (secondary N) is 1. The topological polar surface area (TPSA) is 58.6 Å². The van der Waals surface area contributed by atoms with E-state index in [9.17, 15) is 9.90 Å². The summed E-state index contributed by atoms with van der Waals surface area (Å²) >= 11 is 0. The van der Waals surface area contributed by atoms with Gasteiger partial charge in [-0.2, -0.15) is 0 Å². The zero-order chi connectivity index (χ0) is 12.3. The van der Waals surface area contributed by atoms with Crippen LogP contribution in [0.2, 0.25) is 18.1 Å². The molecular formula is C10H23NO3Si. The lowest BCUT2D eigenvalue weighted by Gasteiger charge is -2.36. The van der Waals surface area contributed by atoms with Crippen molar-refractivity contribution in [3.05, 3.63) is 0 Å². The van der Waals surface area contributed by atoms with Crippen molar-refractivity contribution in [2.75, 3.05) is 13.7 Å². The third-order valence-electron chi connectivity index (χ3n) is 2.96. The summed E-state index contributed by atoms with van der Waals surface area (Å²) in [5.41, 5.74) is 0. The Hall–Kier alpha value is -0.393. The SMILES string of the molecule is CNC(=O)[C@@H](O)CO[Si](C)(C)C(C)(C)C. The highest BCUT2D eigenvalue weighted by atomic mass is 28.4. The predicted octanol–water partition coefficient (Wildman–Crippen LogP) is 1.12. The maximum absolute atomic E-state index is 11.1. The summed E-state index contributed by atoms with van der Waals surface area (Å²) < 4.78 is 5.71. The number of aliphatic hydroxyl groups is 1. The van der Waals surface area contributed by atoms with Crippen LogP contribution in [0.25, 0.3) is 0 Å². The van der Waals surface area contributed by atoms with Gasteiger partial charge in [0.1, 0.15) is 0 Å². The quantitative estimate of drug-likeness (QED) is 0.715. The van der Waals surface area contributed by atoms with Crippen LogP contribution >= 0.6 is 0 Å². The summed E-state index contributed by atoms with van der Waals surface area (Å²) in [6.07, 6.45) is -1.07. The molecule has 90 valence electrons. The van der Waals surface area contributed by atoms with Crippen molar-refractivity contribution in [3.63, 3.8) is 0 Å². The first kappa shape index (κ1) is 14.6.